The molecule has 17 heavy (non-hydrogen) atoms. The maximum Gasteiger partial charge on any atom is 0.346 e. The molecule has 1 aliphatic heterocycles. The minimum Gasteiger partial charge on any atom is -0.477 e. The summed E-state index contributed by atoms with van der Waals surface area (Å²) in [6.07, 6.45) is 2.07. The minimum atomic E-state index is -0.871. The number of ether oxygens (including phenoxy) is 2. The van der Waals surface area contributed by atoms with Crippen LogP contribution in [-0.4, -0.2) is 30.9 Å². The molecule has 1 aromatic rings. The van der Waals surface area contributed by atoms with Gasteiger partial charge in [-0.25, -0.2) is 4.79 Å². The van der Waals surface area contributed by atoms with E-state index in [0.29, 0.717) is 24.0 Å². The molecule has 1 saturated heterocycles. The summed E-state index contributed by atoms with van der Waals surface area (Å²) in [6, 6.07) is 1.82. The van der Waals surface area contributed by atoms with Gasteiger partial charge in [0.15, 0.2) is 0 Å². The van der Waals surface area contributed by atoms with E-state index < -0.39 is 5.97 Å². The highest BCUT2D eigenvalue weighted by atomic mass is 32.1. The zero-order valence-corrected chi connectivity index (χ0v) is 10.4. The minimum absolute atomic E-state index is 0.386. The fraction of sp³-hybridized carbons (Fsp3) is 0.583. The number of carboxylic acid groups (broad SMARTS) is 1. The van der Waals surface area contributed by atoms with Crippen LogP contribution in [0.15, 0.2) is 11.4 Å². The van der Waals surface area contributed by atoms with Crippen LogP contribution in [0.5, 0.6) is 0 Å². The van der Waals surface area contributed by atoms with E-state index in [9.17, 15) is 4.79 Å². The Morgan fingerprint density at radius 3 is 3.00 bits per heavy atom. The van der Waals surface area contributed by atoms with Crippen LogP contribution in [0.25, 0.3) is 0 Å². The summed E-state index contributed by atoms with van der Waals surface area (Å²) in [5.74, 6) is -0.319. The van der Waals surface area contributed by atoms with Crippen LogP contribution in [0.3, 0.4) is 0 Å². The van der Waals surface area contributed by atoms with Crippen molar-refractivity contribution in [2.24, 2.45) is 5.92 Å². The van der Waals surface area contributed by atoms with Crippen molar-refractivity contribution >= 4 is 17.3 Å². The molecule has 0 bridgehead atoms. The summed E-state index contributed by atoms with van der Waals surface area (Å²) in [6.45, 7) is 2.71. The van der Waals surface area contributed by atoms with E-state index >= 15 is 0 Å². The Morgan fingerprint density at radius 1 is 1.53 bits per heavy atom. The standard InChI is InChI=1S/C12H16O4S/c13-12(14)11-10(3-6-17-11)8-16-7-9-1-4-15-5-2-9/h3,6,9H,1-2,4-5,7-8H2,(H,13,14). The molecule has 0 atom stereocenters. The topological polar surface area (TPSA) is 55.8 Å². The van der Waals surface area contributed by atoms with Crippen molar-refractivity contribution < 1.29 is 19.4 Å². The predicted molar refractivity (Wildman–Crippen MR) is 64.5 cm³/mol. The van der Waals surface area contributed by atoms with Gasteiger partial charge in [-0.2, -0.15) is 0 Å². The first-order valence-electron chi connectivity index (χ1n) is 5.72. The highest BCUT2D eigenvalue weighted by Crippen LogP contribution is 2.19. The molecule has 1 fully saturated rings. The van der Waals surface area contributed by atoms with Crippen LogP contribution in [0, 0.1) is 5.92 Å². The first-order valence-corrected chi connectivity index (χ1v) is 6.60. The van der Waals surface area contributed by atoms with Crippen LogP contribution in [0.1, 0.15) is 28.1 Å². The second-order valence-electron chi connectivity index (χ2n) is 4.15. The average Bonchev–Trinajstić information content (AvgIpc) is 2.79. The van der Waals surface area contributed by atoms with Gasteiger partial charge >= 0.3 is 5.97 Å². The molecule has 0 aliphatic carbocycles. The Morgan fingerprint density at radius 2 is 2.29 bits per heavy atom. The molecule has 4 nitrogen and oxygen atoms in total. The SMILES string of the molecule is O=C(O)c1sccc1COCC1CCOCC1. The van der Waals surface area contributed by atoms with E-state index in [0.717, 1.165) is 31.6 Å². The fourth-order valence-corrected chi connectivity index (χ4v) is 2.63. The lowest BCUT2D eigenvalue weighted by Gasteiger charge is -2.21. The molecule has 94 valence electrons. The highest BCUT2D eigenvalue weighted by molar-refractivity contribution is 7.12. The van der Waals surface area contributed by atoms with Crippen LogP contribution in [-0.2, 0) is 16.1 Å². The lowest BCUT2D eigenvalue weighted by Crippen LogP contribution is -2.20. The zero-order chi connectivity index (χ0) is 12.1. The van der Waals surface area contributed by atoms with E-state index in [2.05, 4.69) is 0 Å². The van der Waals surface area contributed by atoms with Gasteiger partial charge in [0.2, 0.25) is 0 Å². The summed E-state index contributed by atoms with van der Waals surface area (Å²) >= 11 is 1.24. The molecule has 1 aromatic heterocycles. The van der Waals surface area contributed by atoms with Crippen LogP contribution in [0.2, 0.25) is 0 Å². The molecule has 1 aliphatic rings. The highest BCUT2D eigenvalue weighted by Gasteiger charge is 2.15. The van der Waals surface area contributed by atoms with E-state index in [1.807, 2.05) is 6.07 Å². The van der Waals surface area contributed by atoms with Crippen LogP contribution < -0.4 is 0 Å². The van der Waals surface area contributed by atoms with E-state index in [-0.39, 0.29) is 0 Å². The van der Waals surface area contributed by atoms with Gasteiger partial charge in [-0.1, -0.05) is 0 Å². The molecule has 1 N–H and O–H groups in total. The maximum absolute atomic E-state index is 10.9. The largest absolute Gasteiger partial charge is 0.477 e. The van der Waals surface area contributed by atoms with Crippen molar-refractivity contribution in [3.63, 3.8) is 0 Å². The number of carboxylic acids is 1. The summed E-state index contributed by atoms with van der Waals surface area (Å²) in [7, 11) is 0. The van der Waals surface area contributed by atoms with Crippen LogP contribution >= 0.6 is 11.3 Å². The second kappa shape index (κ2) is 6.14. The summed E-state index contributed by atoms with van der Waals surface area (Å²) in [5, 5.41) is 10.7. The first-order chi connectivity index (χ1) is 8.27. The van der Waals surface area contributed by atoms with Gasteiger partial charge in [-0.15, -0.1) is 11.3 Å². The van der Waals surface area contributed by atoms with Crippen molar-refractivity contribution in [3.8, 4) is 0 Å². The maximum atomic E-state index is 10.9. The third kappa shape index (κ3) is 3.52. The lowest BCUT2D eigenvalue weighted by atomic mass is 10.0. The molecule has 0 amide bonds. The molecular weight excluding hydrogens is 240 g/mol. The quantitative estimate of drug-likeness (QED) is 0.878. The number of carbonyl (C=O) groups is 1. The van der Waals surface area contributed by atoms with E-state index in [4.69, 9.17) is 14.6 Å². The number of aromatic carboxylic acids is 1. The third-order valence-corrected chi connectivity index (χ3v) is 3.84. The van der Waals surface area contributed by atoms with Gasteiger partial charge in [0.05, 0.1) is 13.2 Å². The van der Waals surface area contributed by atoms with Crippen LogP contribution in [0.4, 0.5) is 0 Å². The Hall–Kier alpha value is -0.910. The van der Waals surface area contributed by atoms with Crippen molar-refractivity contribution in [2.75, 3.05) is 19.8 Å². The van der Waals surface area contributed by atoms with Gasteiger partial charge < -0.3 is 14.6 Å². The van der Waals surface area contributed by atoms with Gasteiger partial charge in [0.25, 0.3) is 0 Å². The van der Waals surface area contributed by atoms with Crippen molar-refractivity contribution in [3.05, 3.63) is 21.9 Å². The van der Waals surface area contributed by atoms with Gasteiger partial charge in [-0.05, 0) is 30.2 Å². The molecule has 5 heteroatoms. The first kappa shape index (κ1) is 12.5. The molecular formula is C12H16O4S. The van der Waals surface area contributed by atoms with Crippen molar-refractivity contribution in [2.45, 2.75) is 19.4 Å². The number of rotatable bonds is 5. The smallest absolute Gasteiger partial charge is 0.346 e. The van der Waals surface area contributed by atoms with E-state index in [1.54, 1.807) is 5.38 Å². The Balaban J connectivity index is 1.77. The normalized spacial score (nSPS) is 17.2. The average molecular weight is 256 g/mol. The molecule has 0 spiro atoms. The van der Waals surface area contributed by atoms with Gasteiger partial charge in [0.1, 0.15) is 4.88 Å². The molecule has 0 unspecified atom stereocenters. The predicted octanol–water partition coefficient (Wildman–Crippen LogP) is 2.39. The lowest BCUT2D eigenvalue weighted by molar-refractivity contribution is 0.0156. The molecule has 2 rings (SSSR count). The summed E-state index contributed by atoms with van der Waals surface area (Å²) in [4.78, 5) is 11.3. The summed E-state index contributed by atoms with van der Waals surface area (Å²) < 4.78 is 10.9. The monoisotopic (exact) mass is 256 g/mol. The molecule has 2 heterocycles. The molecule has 0 aromatic carbocycles. The number of hydrogen-bond acceptors (Lipinski definition) is 4. The van der Waals surface area contributed by atoms with Crippen molar-refractivity contribution in [1.29, 1.82) is 0 Å². The third-order valence-electron chi connectivity index (χ3n) is 2.89. The van der Waals surface area contributed by atoms with E-state index in [1.165, 1.54) is 11.3 Å². The summed E-state index contributed by atoms with van der Waals surface area (Å²) in [5.41, 5.74) is 0.773. The van der Waals surface area contributed by atoms with Gasteiger partial charge in [-0.3, -0.25) is 0 Å². The second-order valence-corrected chi connectivity index (χ2v) is 5.07. The zero-order valence-electron chi connectivity index (χ0n) is 9.55. The number of hydrogen-bond donors (Lipinski definition) is 1. The Bertz CT molecular complexity index is 368. The van der Waals surface area contributed by atoms with Gasteiger partial charge in [0, 0.05) is 18.8 Å². The van der Waals surface area contributed by atoms with Crippen molar-refractivity contribution in [1.82, 2.24) is 0 Å². The Kier molecular flexibility index (Phi) is 4.53. The Labute approximate surface area is 104 Å². The number of thiophene rings is 1. The molecule has 0 radical (unpaired) electrons. The molecule has 0 saturated carbocycles. The fourth-order valence-electron chi connectivity index (χ4n) is 1.89.